The summed E-state index contributed by atoms with van der Waals surface area (Å²) in [7, 11) is 3.80. The molecule has 0 spiro atoms. The number of nitrogens with one attached hydrogen (secondary N) is 1. The average molecular weight is 228 g/mol. The standard InChI is InChI=1S/C12H24N2O2/c1-9(2)8-11(14(4)5)12(16)13-7-6-10(3)15/h9,11H,6-8H2,1-5H3,(H,13,16). The molecule has 0 bridgehead atoms. The molecule has 4 heteroatoms. The molecule has 16 heavy (non-hydrogen) atoms. The SMILES string of the molecule is CC(=O)CCNC(=O)C(CC(C)C)N(C)C. The van der Waals surface area contributed by atoms with Crippen molar-refractivity contribution in [2.24, 2.45) is 5.92 Å². The molecule has 0 heterocycles. The quantitative estimate of drug-likeness (QED) is 0.709. The van der Waals surface area contributed by atoms with E-state index in [0.717, 1.165) is 6.42 Å². The molecule has 1 unspecified atom stereocenters. The van der Waals surface area contributed by atoms with Gasteiger partial charge in [0.15, 0.2) is 0 Å². The number of nitrogens with zero attached hydrogens (tertiary/aromatic N) is 1. The minimum Gasteiger partial charge on any atom is -0.354 e. The lowest BCUT2D eigenvalue weighted by Gasteiger charge is -2.24. The lowest BCUT2D eigenvalue weighted by Crippen LogP contribution is -2.44. The molecule has 1 atom stereocenters. The van der Waals surface area contributed by atoms with Gasteiger partial charge in [0.1, 0.15) is 5.78 Å². The van der Waals surface area contributed by atoms with E-state index in [4.69, 9.17) is 0 Å². The van der Waals surface area contributed by atoms with E-state index in [2.05, 4.69) is 19.2 Å². The second-order valence-electron chi connectivity index (χ2n) is 4.85. The topological polar surface area (TPSA) is 49.4 Å². The second kappa shape index (κ2) is 7.39. The summed E-state index contributed by atoms with van der Waals surface area (Å²) in [5.41, 5.74) is 0. The maximum Gasteiger partial charge on any atom is 0.237 e. The number of ketones is 1. The van der Waals surface area contributed by atoms with E-state index in [-0.39, 0.29) is 17.7 Å². The molecular weight excluding hydrogens is 204 g/mol. The average Bonchev–Trinajstić information content (AvgIpc) is 2.12. The molecule has 0 saturated heterocycles. The third kappa shape index (κ3) is 6.56. The summed E-state index contributed by atoms with van der Waals surface area (Å²) in [5, 5.41) is 2.80. The summed E-state index contributed by atoms with van der Waals surface area (Å²) in [4.78, 5) is 24.5. The largest absolute Gasteiger partial charge is 0.354 e. The van der Waals surface area contributed by atoms with Crippen molar-refractivity contribution in [1.29, 1.82) is 0 Å². The molecule has 4 nitrogen and oxygen atoms in total. The highest BCUT2D eigenvalue weighted by Gasteiger charge is 2.21. The molecule has 0 radical (unpaired) electrons. The van der Waals surface area contributed by atoms with Crippen LogP contribution in [0.15, 0.2) is 0 Å². The molecule has 0 aliphatic carbocycles. The molecule has 0 aromatic carbocycles. The van der Waals surface area contributed by atoms with Crippen LogP contribution in [0.3, 0.4) is 0 Å². The van der Waals surface area contributed by atoms with Crippen molar-refractivity contribution in [2.45, 2.75) is 39.7 Å². The molecule has 0 aromatic heterocycles. The Bertz CT molecular complexity index is 237. The number of Topliss-reactive ketones (excluding diaryl/α,β-unsaturated/α-hetero) is 1. The Balaban J connectivity index is 4.12. The van der Waals surface area contributed by atoms with Crippen LogP contribution in [-0.2, 0) is 9.59 Å². The Morgan fingerprint density at radius 2 is 1.81 bits per heavy atom. The van der Waals surface area contributed by atoms with Crippen LogP contribution in [0.1, 0.15) is 33.6 Å². The van der Waals surface area contributed by atoms with Crippen LogP contribution >= 0.6 is 0 Å². The molecule has 94 valence electrons. The van der Waals surface area contributed by atoms with Gasteiger partial charge >= 0.3 is 0 Å². The number of rotatable bonds is 7. The Hall–Kier alpha value is -0.900. The van der Waals surface area contributed by atoms with Gasteiger partial charge in [0, 0.05) is 13.0 Å². The number of hydrogen-bond acceptors (Lipinski definition) is 3. The molecule has 1 N–H and O–H groups in total. The third-order valence-electron chi connectivity index (χ3n) is 2.40. The van der Waals surface area contributed by atoms with Crippen molar-refractivity contribution in [2.75, 3.05) is 20.6 Å². The van der Waals surface area contributed by atoms with Crippen LogP contribution in [0.4, 0.5) is 0 Å². The normalized spacial score (nSPS) is 12.9. The number of carbonyl (C=O) groups is 2. The van der Waals surface area contributed by atoms with Crippen molar-refractivity contribution in [1.82, 2.24) is 10.2 Å². The van der Waals surface area contributed by atoms with Gasteiger partial charge in [-0.05, 0) is 33.4 Å². The fraction of sp³-hybridized carbons (Fsp3) is 0.833. The maximum absolute atomic E-state index is 11.8. The van der Waals surface area contributed by atoms with Gasteiger partial charge < -0.3 is 5.32 Å². The van der Waals surface area contributed by atoms with E-state index in [1.807, 2.05) is 19.0 Å². The van der Waals surface area contributed by atoms with E-state index >= 15 is 0 Å². The van der Waals surface area contributed by atoms with Crippen LogP contribution in [0.5, 0.6) is 0 Å². The van der Waals surface area contributed by atoms with Crippen molar-refractivity contribution in [3.63, 3.8) is 0 Å². The summed E-state index contributed by atoms with van der Waals surface area (Å²) < 4.78 is 0. The summed E-state index contributed by atoms with van der Waals surface area (Å²) >= 11 is 0. The van der Waals surface area contributed by atoms with Crippen LogP contribution in [0.2, 0.25) is 0 Å². The summed E-state index contributed by atoms with van der Waals surface area (Å²) in [6, 6.07) is -0.105. The maximum atomic E-state index is 11.8. The first-order valence-electron chi connectivity index (χ1n) is 5.78. The number of likely N-dealkylation sites (N-methyl/N-ethyl adjacent to an activating group) is 1. The van der Waals surface area contributed by atoms with Crippen LogP contribution in [-0.4, -0.2) is 43.3 Å². The third-order valence-corrected chi connectivity index (χ3v) is 2.40. The monoisotopic (exact) mass is 228 g/mol. The van der Waals surface area contributed by atoms with Crippen molar-refractivity contribution >= 4 is 11.7 Å². The molecule has 0 aromatic rings. The first-order valence-corrected chi connectivity index (χ1v) is 5.78. The minimum atomic E-state index is -0.105. The van der Waals surface area contributed by atoms with Gasteiger partial charge in [-0.1, -0.05) is 13.8 Å². The van der Waals surface area contributed by atoms with Gasteiger partial charge in [0.25, 0.3) is 0 Å². The van der Waals surface area contributed by atoms with Gasteiger partial charge in [-0.25, -0.2) is 0 Å². The number of hydrogen-bond donors (Lipinski definition) is 1. The van der Waals surface area contributed by atoms with E-state index < -0.39 is 0 Å². The summed E-state index contributed by atoms with van der Waals surface area (Å²) in [6.07, 6.45) is 1.24. The molecule has 1 amide bonds. The van der Waals surface area contributed by atoms with Gasteiger partial charge in [-0.15, -0.1) is 0 Å². The molecule has 0 aliphatic rings. The Morgan fingerprint density at radius 3 is 2.19 bits per heavy atom. The van der Waals surface area contributed by atoms with Gasteiger partial charge in [-0.2, -0.15) is 0 Å². The lowest BCUT2D eigenvalue weighted by atomic mass is 10.0. The lowest BCUT2D eigenvalue weighted by molar-refractivity contribution is -0.126. The summed E-state index contributed by atoms with van der Waals surface area (Å²) in [6.45, 7) is 6.17. The highest BCUT2D eigenvalue weighted by molar-refractivity contribution is 5.82. The number of carbonyl (C=O) groups excluding carboxylic acids is 2. The first kappa shape index (κ1) is 15.1. The predicted octanol–water partition coefficient (Wildman–Crippen LogP) is 1.06. The minimum absolute atomic E-state index is 0.0138. The van der Waals surface area contributed by atoms with E-state index in [1.54, 1.807) is 0 Å². The zero-order valence-corrected chi connectivity index (χ0v) is 11.0. The van der Waals surface area contributed by atoms with Crippen molar-refractivity contribution in [3.05, 3.63) is 0 Å². The smallest absolute Gasteiger partial charge is 0.237 e. The highest BCUT2D eigenvalue weighted by atomic mass is 16.2. The Labute approximate surface area is 98.4 Å². The predicted molar refractivity (Wildman–Crippen MR) is 65.2 cm³/mol. The van der Waals surface area contributed by atoms with Crippen LogP contribution < -0.4 is 5.32 Å². The molecule has 0 rings (SSSR count). The molecule has 0 aliphatic heterocycles. The van der Waals surface area contributed by atoms with Gasteiger partial charge in [0.05, 0.1) is 6.04 Å². The Kier molecular flexibility index (Phi) is 6.97. The zero-order chi connectivity index (χ0) is 12.7. The fourth-order valence-corrected chi connectivity index (χ4v) is 1.48. The second-order valence-corrected chi connectivity index (χ2v) is 4.85. The van der Waals surface area contributed by atoms with Crippen molar-refractivity contribution in [3.8, 4) is 0 Å². The van der Waals surface area contributed by atoms with Crippen LogP contribution in [0, 0.1) is 5.92 Å². The number of amides is 1. The van der Waals surface area contributed by atoms with E-state index in [0.29, 0.717) is 18.9 Å². The zero-order valence-electron chi connectivity index (χ0n) is 11.0. The van der Waals surface area contributed by atoms with E-state index in [1.165, 1.54) is 6.92 Å². The van der Waals surface area contributed by atoms with Crippen LogP contribution in [0.25, 0.3) is 0 Å². The van der Waals surface area contributed by atoms with Crippen molar-refractivity contribution < 1.29 is 9.59 Å². The molecule has 0 fully saturated rings. The Morgan fingerprint density at radius 1 is 1.25 bits per heavy atom. The van der Waals surface area contributed by atoms with Gasteiger partial charge in [0.2, 0.25) is 5.91 Å². The summed E-state index contributed by atoms with van der Waals surface area (Å²) in [5.74, 6) is 0.594. The first-order chi connectivity index (χ1) is 7.34. The molecule has 0 saturated carbocycles. The fourth-order valence-electron chi connectivity index (χ4n) is 1.48. The highest BCUT2D eigenvalue weighted by Crippen LogP contribution is 2.09. The van der Waals surface area contributed by atoms with Gasteiger partial charge in [-0.3, -0.25) is 14.5 Å². The van der Waals surface area contributed by atoms with E-state index in [9.17, 15) is 9.59 Å². The molecular formula is C12H24N2O2.